The van der Waals surface area contributed by atoms with Crippen LogP contribution in [0.1, 0.15) is 39.4 Å². The Morgan fingerprint density at radius 1 is 1.24 bits per heavy atom. The van der Waals surface area contributed by atoms with Gasteiger partial charge >= 0.3 is 11.8 Å². The molecule has 1 N–H and O–H groups in total. The molecule has 0 fully saturated rings. The fourth-order valence-corrected chi connectivity index (χ4v) is 4.14. The molecule has 1 aliphatic rings. The molecule has 33 heavy (non-hydrogen) atoms. The first-order valence-electron chi connectivity index (χ1n) is 10.3. The predicted octanol–water partition coefficient (Wildman–Crippen LogP) is 2.74. The van der Waals surface area contributed by atoms with Gasteiger partial charge in [0, 0.05) is 24.9 Å². The van der Waals surface area contributed by atoms with Crippen molar-refractivity contribution in [2.75, 3.05) is 6.54 Å². The number of aromatic nitrogens is 7. The minimum Gasteiger partial charge on any atom is -0.411 e. The molecule has 11 heteroatoms. The lowest BCUT2D eigenvalue weighted by atomic mass is 9.99. The highest BCUT2D eigenvalue weighted by atomic mass is 19.1. The minimum absolute atomic E-state index is 0.0377. The predicted molar refractivity (Wildman–Crippen MR) is 113 cm³/mol. The van der Waals surface area contributed by atoms with E-state index in [9.17, 15) is 9.18 Å². The summed E-state index contributed by atoms with van der Waals surface area (Å²) >= 11 is 0. The quantitative estimate of drug-likeness (QED) is 0.455. The highest BCUT2D eigenvalue weighted by molar-refractivity contribution is 5.90. The molecule has 10 nitrogen and oxygen atoms in total. The van der Waals surface area contributed by atoms with Crippen LogP contribution in [0.5, 0.6) is 0 Å². The van der Waals surface area contributed by atoms with Crippen LogP contribution in [0.15, 0.2) is 53.5 Å². The van der Waals surface area contributed by atoms with Gasteiger partial charge < -0.3 is 14.3 Å². The third kappa shape index (κ3) is 3.16. The number of aryl methyl sites for hydroxylation is 1. The van der Waals surface area contributed by atoms with E-state index in [0.29, 0.717) is 18.7 Å². The number of amides is 1. The minimum atomic E-state index is -0.522. The number of aromatic amines is 1. The topological polar surface area (TPSA) is 118 Å². The lowest BCUT2D eigenvalue weighted by Gasteiger charge is -2.32. The van der Waals surface area contributed by atoms with Gasteiger partial charge in [0.05, 0.1) is 29.4 Å². The maximum atomic E-state index is 13.5. The van der Waals surface area contributed by atoms with Crippen molar-refractivity contribution in [2.24, 2.45) is 0 Å². The smallest absolute Gasteiger partial charge is 0.312 e. The molecular formula is C22H17FN8O2. The van der Waals surface area contributed by atoms with Crippen LogP contribution in [0, 0.1) is 12.7 Å². The number of H-pyrrole nitrogens is 1. The second kappa shape index (κ2) is 7.33. The molecule has 0 bridgehead atoms. The van der Waals surface area contributed by atoms with Crippen molar-refractivity contribution in [1.82, 2.24) is 39.7 Å². The average molecular weight is 444 g/mol. The highest BCUT2D eigenvalue weighted by Gasteiger charge is 2.38. The number of fused-ring (bicyclic) bond motifs is 2. The fraction of sp³-hybridized carbons (Fsp3) is 0.182. The molecule has 0 saturated carbocycles. The first kappa shape index (κ1) is 19.3. The van der Waals surface area contributed by atoms with E-state index in [1.54, 1.807) is 15.7 Å². The third-order valence-electron chi connectivity index (χ3n) is 5.75. The van der Waals surface area contributed by atoms with Gasteiger partial charge in [-0.25, -0.2) is 18.9 Å². The second-order valence-corrected chi connectivity index (χ2v) is 7.78. The molecule has 1 atom stereocenters. The highest BCUT2D eigenvalue weighted by Crippen LogP contribution is 2.34. The van der Waals surface area contributed by atoms with E-state index in [-0.39, 0.29) is 17.5 Å². The zero-order chi connectivity index (χ0) is 22.5. The monoisotopic (exact) mass is 444 g/mol. The van der Waals surface area contributed by atoms with Crippen molar-refractivity contribution in [3.63, 3.8) is 0 Å². The Balaban J connectivity index is 1.40. The molecule has 0 aromatic carbocycles. The van der Waals surface area contributed by atoms with Crippen molar-refractivity contribution in [1.29, 1.82) is 0 Å². The van der Waals surface area contributed by atoms with E-state index in [1.165, 1.54) is 12.1 Å². The summed E-state index contributed by atoms with van der Waals surface area (Å²) in [5.41, 5.74) is 4.68. The maximum absolute atomic E-state index is 13.5. The van der Waals surface area contributed by atoms with Crippen LogP contribution in [-0.2, 0) is 6.42 Å². The van der Waals surface area contributed by atoms with Gasteiger partial charge in [-0.1, -0.05) is 6.07 Å². The number of carbonyl (C=O) groups excluding carboxylic acids is 1. The zero-order valence-corrected chi connectivity index (χ0v) is 17.4. The lowest BCUT2D eigenvalue weighted by molar-refractivity contribution is 0.0646. The van der Waals surface area contributed by atoms with Crippen molar-refractivity contribution in [3.05, 3.63) is 83.4 Å². The van der Waals surface area contributed by atoms with Crippen molar-refractivity contribution >= 4 is 11.4 Å². The van der Waals surface area contributed by atoms with Crippen LogP contribution in [-0.4, -0.2) is 52.1 Å². The number of halogens is 1. The van der Waals surface area contributed by atoms with Gasteiger partial charge in [-0.15, -0.1) is 10.2 Å². The van der Waals surface area contributed by atoms with Crippen LogP contribution in [0.2, 0.25) is 0 Å². The summed E-state index contributed by atoms with van der Waals surface area (Å²) in [6, 6.07) is 8.02. The molecule has 5 aromatic heterocycles. The summed E-state index contributed by atoms with van der Waals surface area (Å²) < 4.78 is 20.6. The van der Waals surface area contributed by atoms with Crippen molar-refractivity contribution in [2.45, 2.75) is 19.4 Å². The molecule has 0 radical (unpaired) electrons. The number of rotatable bonds is 3. The SMILES string of the molecule is Cc1cccn2nc([C@@H]3c4nc[nH]c4CCN3C(=O)c3nnc(-c4ccc(F)cn4)o3)cc12. The molecule has 164 valence electrons. The van der Waals surface area contributed by atoms with E-state index < -0.39 is 17.8 Å². The van der Waals surface area contributed by atoms with Crippen LogP contribution < -0.4 is 0 Å². The van der Waals surface area contributed by atoms with Crippen molar-refractivity contribution in [3.8, 4) is 11.6 Å². The Morgan fingerprint density at radius 2 is 2.15 bits per heavy atom. The summed E-state index contributed by atoms with van der Waals surface area (Å²) in [5.74, 6) is -1.07. The Bertz CT molecular complexity index is 1490. The number of carbonyl (C=O) groups is 1. The third-order valence-corrected chi connectivity index (χ3v) is 5.75. The maximum Gasteiger partial charge on any atom is 0.312 e. The van der Waals surface area contributed by atoms with E-state index in [1.807, 2.05) is 31.3 Å². The Morgan fingerprint density at radius 3 is 2.97 bits per heavy atom. The first-order valence-corrected chi connectivity index (χ1v) is 10.3. The number of pyridine rings is 2. The molecule has 0 saturated heterocycles. The van der Waals surface area contributed by atoms with E-state index in [0.717, 1.165) is 28.7 Å². The molecule has 0 unspecified atom stereocenters. The van der Waals surface area contributed by atoms with Crippen LogP contribution >= 0.6 is 0 Å². The molecule has 6 heterocycles. The molecule has 0 aliphatic carbocycles. The Kier molecular flexibility index (Phi) is 4.28. The Hall–Kier alpha value is -4.41. The molecule has 1 aliphatic heterocycles. The fourth-order valence-electron chi connectivity index (χ4n) is 4.14. The number of hydrogen-bond acceptors (Lipinski definition) is 7. The largest absolute Gasteiger partial charge is 0.411 e. The van der Waals surface area contributed by atoms with Gasteiger partial charge in [0.15, 0.2) is 0 Å². The number of hydrogen-bond donors (Lipinski definition) is 1. The summed E-state index contributed by atoms with van der Waals surface area (Å²) in [5, 5.41) is 12.6. The van der Waals surface area contributed by atoms with Crippen LogP contribution in [0.4, 0.5) is 4.39 Å². The standard InChI is InChI=1S/C22H17FN8O2/c1-12-3-2-7-31-17(12)9-16(29-31)19-18-14(25-11-26-18)6-8-30(19)22(32)21-28-27-20(33-21)15-5-4-13(23)10-24-15/h2-5,7,9-11,19H,6,8H2,1H3,(H,25,26)/t19-/m1/s1. The summed E-state index contributed by atoms with van der Waals surface area (Å²) in [6.45, 7) is 2.42. The normalized spacial score (nSPS) is 15.7. The summed E-state index contributed by atoms with van der Waals surface area (Å²) in [4.78, 5) is 26.7. The van der Waals surface area contributed by atoms with Gasteiger partial charge in [-0.2, -0.15) is 5.10 Å². The van der Waals surface area contributed by atoms with E-state index >= 15 is 0 Å². The molecule has 0 spiro atoms. The van der Waals surface area contributed by atoms with Crippen molar-refractivity contribution < 1.29 is 13.6 Å². The lowest BCUT2D eigenvalue weighted by Crippen LogP contribution is -2.41. The van der Waals surface area contributed by atoms with Gasteiger partial charge in [0.1, 0.15) is 17.6 Å². The van der Waals surface area contributed by atoms with Gasteiger partial charge in [0.25, 0.3) is 5.89 Å². The number of nitrogens with zero attached hydrogens (tertiary/aromatic N) is 7. The number of nitrogens with one attached hydrogen (secondary N) is 1. The average Bonchev–Trinajstić information content (AvgIpc) is 3.57. The van der Waals surface area contributed by atoms with Gasteiger partial charge in [-0.3, -0.25) is 4.79 Å². The van der Waals surface area contributed by atoms with E-state index in [4.69, 9.17) is 9.52 Å². The van der Waals surface area contributed by atoms with Gasteiger partial charge in [0.2, 0.25) is 0 Å². The first-order chi connectivity index (χ1) is 16.1. The second-order valence-electron chi connectivity index (χ2n) is 7.78. The molecule has 1 amide bonds. The van der Waals surface area contributed by atoms with Crippen LogP contribution in [0.25, 0.3) is 17.1 Å². The number of imidazole rings is 1. The van der Waals surface area contributed by atoms with E-state index in [2.05, 4.69) is 25.1 Å². The van der Waals surface area contributed by atoms with Crippen LogP contribution in [0.3, 0.4) is 0 Å². The molecule has 5 aromatic rings. The summed E-state index contributed by atoms with van der Waals surface area (Å²) in [7, 11) is 0. The van der Waals surface area contributed by atoms with Gasteiger partial charge in [-0.05, 0) is 36.8 Å². The zero-order valence-electron chi connectivity index (χ0n) is 17.4. The summed E-state index contributed by atoms with van der Waals surface area (Å²) in [6.07, 6.45) is 5.14. The molecular weight excluding hydrogens is 427 g/mol. The Labute approximate surface area is 186 Å². The molecule has 6 rings (SSSR count).